The minimum atomic E-state index is -0.556. The summed E-state index contributed by atoms with van der Waals surface area (Å²) in [5, 5.41) is 14.2. The van der Waals surface area contributed by atoms with Crippen LogP contribution in [0.2, 0.25) is 0 Å². The first-order valence-corrected chi connectivity index (χ1v) is 9.95. The zero-order valence-corrected chi connectivity index (χ0v) is 13.5. The number of hydrogen-bond donors (Lipinski definition) is 1. The molecule has 2 nitrogen and oxygen atoms in total. The molecule has 0 bridgehead atoms. The Morgan fingerprint density at radius 3 is 2.32 bits per heavy atom. The number of hydrogen-bond acceptors (Lipinski definition) is 1. The number of rotatable bonds is 3. The van der Waals surface area contributed by atoms with Crippen LogP contribution in [0.25, 0.3) is 5.32 Å². The van der Waals surface area contributed by atoms with Gasteiger partial charge >= 0.3 is 35.6 Å². The van der Waals surface area contributed by atoms with Crippen molar-refractivity contribution < 1.29 is 22.1 Å². The summed E-state index contributed by atoms with van der Waals surface area (Å²) in [5.74, 6) is 0.349. The number of phenolic OH excluding ortho intramolecular Hbond substituents is 1. The predicted octanol–water partition coefficient (Wildman–Crippen LogP) is 5.28. The Morgan fingerprint density at radius 2 is 1.68 bits per heavy atom. The van der Waals surface area contributed by atoms with E-state index in [-0.39, 0.29) is 0 Å². The second-order valence-electron chi connectivity index (χ2n) is 3.81. The molecule has 0 aliphatic heterocycles. The van der Waals surface area contributed by atoms with E-state index in [1.807, 2.05) is 55.5 Å². The maximum atomic E-state index is 9.82. The molecule has 0 aromatic heterocycles. The topological polar surface area (TPSA) is 34.3 Å². The average Bonchev–Trinajstić information content (AvgIpc) is 2.43. The maximum absolute atomic E-state index is 9.82. The van der Waals surface area contributed by atoms with Crippen molar-refractivity contribution in [3.8, 4) is 5.75 Å². The SMILES string of the molecule is Cc1cccc(C[N-]c2ccccc2)c1O.[Cl][Ti][Cl]. The molecule has 0 heterocycles. The van der Waals surface area contributed by atoms with Gasteiger partial charge in [0.05, 0.1) is 0 Å². The Hall–Kier alpha value is -0.666. The van der Waals surface area contributed by atoms with Crippen molar-refractivity contribution in [3.05, 3.63) is 65.0 Å². The molecule has 0 unspecified atom stereocenters. The molecule has 2 rings (SSSR count). The third kappa shape index (κ3) is 5.88. The second kappa shape index (κ2) is 9.27. The minimum absolute atomic E-state index is 0.349. The van der Waals surface area contributed by atoms with Gasteiger partial charge in [-0.15, -0.1) is 12.2 Å². The van der Waals surface area contributed by atoms with E-state index < -0.39 is 17.0 Å². The molecule has 2 aromatic carbocycles. The molecular weight excluding hydrogens is 317 g/mol. The van der Waals surface area contributed by atoms with Crippen LogP contribution < -0.4 is 0 Å². The number of aromatic hydroxyl groups is 1. The Kier molecular flexibility index (Phi) is 8.00. The Labute approximate surface area is 130 Å². The van der Waals surface area contributed by atoms with Crippen LogP contribution in [0.15, 0.2) is 48.5 Å². The number of halogens is 2. The molecular formula is C14H14Cl2NOTi-. The summed E-state index contributed by atoms with van der Waals surface area (Å²) in [6.07, 6.45) is 0. The van der Waals surface area contributed by atoms with Gasteiger partial charge in [0.25, 0.3) is 0 Å². The van der Waals surface area contributed by atoms with Gasteiger partial charge in [0.1, 0.15) is 5.75 Å². The molecule has 0 amide bonds. The first-order valence-electron chi connectivity index (χ1n) is 5.65. The second-order valence-corrected chi connectivity index (χ2v) is 6.38. The van der Waals surface area contributed by atoms with E-state index in [2.05, 4.69) is 5.32 Å². The van der Waals surface area contributed by atoms with Gasteiger partial charge in [0, 0.05) is 0 Å². The fourth-order valence-corrected chi connectivity index (χ4v) is 1.56. The van der Waals surface area contributed by atoms with Gasteiger partial charge in [0.15, 0.2) is 0 Å². The molecule has 19 heavy (non-hydrogen) atoms. The van der Waals surface area contributed by atoms with E-state index in [0.29, 0.717) is 12.3 Å². The van der Waals surface area contributed by atoms with Crippen LogP contribution in [0.1, 0.15) is 11.1 Å². The fraction of sp³-hybridized carbons (Fsp3) is 0.143. The summed E-state index contributed by atoms with van der Waals surface area (Å²) in [4.78, 5) is 0. The molecule has 5 heteroatoms. The van der Waals surface area contributed by atoms with Crippen molar-refractivity contribution in [1.29, 1.82) is 0 Å². The third-order valence-corrected chi connectivity index (χ3v) is 2.51. The number of nitrogens with zero attached hydrogens (tertiary/aromatic N) is 1. The number of aryl methyl sites for hydroxylation is 1. The predicted molar refractivity (Wildman–Crippen MR) is 77.7 cm³/mol. The third-order valence-electron chi connectivity index (χ3n) is 2.51. The van der Waals surface area contributed by atoms with Crippen molar-refractivity contribution in [2.45, 2.75) is 13.5 Å². The van der Waals surface area contributed by atoms with Crippen LogP contribution in [-0.4, -0.2) is 5.11 Å². The van der Waals surface area contributed by atoms with Gasteiger partial charge in [0.2, 0.25) is 0 Å². The van der Waals surface area contributed by atoms with E-state index in [1.165, 1.54) is 0 Å². The van der Waals surface area contributed by atoms with Gasteiger partial charge in [-0.1, -0.05) is 48.5 Å². The van der Waals surface area contributed by atoms with Crippen molar-refractivity contribution in [2.24, 2.45) is 0 Å². The van der Waals surface area contributed by atoms with Crippen LogP contribution in [-0.2, 0) is 23.6 Å². The summed E-state index contributed by atoms with van der Waals surface area (Å²) in [6.45, 7) is 2.40. The van der Waals surface area contributed by atoms with Crippen molar-refractivity contribution >= 4 is 24.3 Å². The van der Waals surface area contributed by atoms with E-state index in [9.17, 15) is 5.11 Å². The quantitative estimate of drug-likeness (QED) is 0.763. The zero-order valence-electron chi connectivity index (χ0n) is 10.5. The molecule has 1 N–H and O–H groups in total. The van der Waals surface area contributed by atoms with Gasteiger partial charge < -0.3 is 10.4 Å². The summed E-state index contributed by atoms with van der Waals surface area (Å²) >= 11 is -0.556. The van der Waals surface area contributed by atoms with Crippen LogP contribution >= 0.6 is 18.6 Å². The standard InChI is InChI=1S/C14H14NO.2ClH.Ti/c1-11-6-5-7-12(14(11)16)10-15-13-8-3-2-4-9-13;;;/h2-9,16H,10H2,1H3;2*1H;/q-1;;;+2/p-2. The monoisotopic (exact) mass is 330 g/mol. The molecule has 0 saturated heterocycles. The van der Waals surface area contributed by atoms with Gasteiger partial charge in [-0.3, -0.25) is 0 Å². The molecule has 0 atom stereocenters. The van der Waals surface area contributed by atoms with Gasteiger partial charge in [-0.25, -0.2) is 0 Å². The molecule has 100 valence electrons. The Morgan fingerprint density at radius 1 is 1.05 bits per heavy atom. The number of benzene rings is 2. The fourth-order valence-electron chi connectivity index (χ4n) is 1.56. The molecule has 0 radical (unpaired) electrons. The molecule has 0 spiro atoms. The van der Waals surface area contributed by atoms with Crippen molar-refractivity contribution in [1.82, 2.24) is 0 Å². The summed E-state index contributed by atoms with van der Waals surface area (Å²) in [6, 6.07) is 15.5. The van der Waals surface area contributed by atoms with Crippen molar-refractivity contribution in [3.63, 3.8) is 0 Å². The van der Waals surface area contributed by atoms with Crippen LogP contribution in [0.5, 0.6) is 5.75 Å². The van der Waals surface area contributed by atoms with Gasteiger partial charge in [-0.05, 0) is 18.1 Å². The van der Waals surface area contributed by atoms with E-state index in [0.717, 1.165) is 16.8 Å². The summed E-state index contributed by atoms with van der Waals surface area (Å²) < 4.78 is 0. The summed E-state index contributed by atoms with van der Waals surface area (Å²) in [5.41, 5.74) is 2.69. The van der Waals surface area contributed by atoms with E-state index in [1.54, 1.807) is 0 Å². The molecule has 2 aromatic rings. The summed E-state index contributed by atoms with van der Waals surface area (Å²) in [7, 11) is 9.78. The molecule has 0 aliphatic carbocycles. The van der Waals surface area contributed by atoms with Gasteiger partial charge in [-0.2, -0.15) is 0 Å². The zero-order chi connectivity index (χ0) is 14.1. The first-order chi connectivity index (χ1) is 9.19. The van der Waals surface area contributed by atoms with Crippen LogP contribution in [0, 0.1) is 6.92 Å². The number of phenols is 1. The Balaban J connectivity index is 0.000000550. The number of para-hydroxylation sites is 2. The van der Waals surface area contributed by atoms with Crippen LogP contribution in [0.4, 0.5) is 5.69 Å². The Bertz CT molecular complexity index is 494. The van der Waals surface area contributed by atoms with E-state index >= 15 is 0 Å². The normalized spacial score (nSPS) is 9.21. The van der Waals surface area contributed by atoms with Crippen LogP contribution in [0.3, 0.4) is 0 Å². The molecule has 0 aliphatic rings. The first kappa shape index (κ1) is 16.4. The average molecular weight is 331 g/mol. The van der Waals surface area contributed by atoms with Crippen molar-refractivity contribution in [2.75, 3.05) is 0 Å². The molecule has 0 fully saturated rings. The molecule has 0 saturated carbocycles. The van der Waals surface area contributed by atoms with E-state index in [4.69, 9.17) is 18.6 Å².